The highest BCUT2D eigenvalue weighted by molar-refractivity contribution is 5.81. The first kappa shape index (κ1) is 17.8. The summed E-state index contributed by atoms with van der Waals surface area (Å²) in [5.74, 6) is 0.721. The molecule has 2 heterocycles. The zero-order valence-electron chi connectivity index (χ0n) is 15.4. The van der Waals surface area contributed by atoms with Crippen LogP contribution in [-0.2, 0) is 4.79 Å². The Morgan fingerprint density at radius 2 is 2.04 bits per heavy atom. The number of hydrogen-bond donors (Lipinski definition) is 1. The largest absolute Gasteiger partial charge is 0.489 e. The summed E-state index contributed by atoms with van der Waals surface area (Å²) in [6.07, 6.45) is 4.46. The van der Waals surface area contributed by atoms with Crippen LogP contribution >= 0.6 is 0 Å². The molecule has 2 atom stereocenters. The number of benzene rings is 1. The minimum atomic E-state index is -0.463. The molecule has 2 aliphatic rings. The normalized spacial score (nSPS) is 20.4. The van der Waals surface area contributed by atoms with E-state index < -0.39 is 5.95 Å². The third kappa shape index (κ3) is 4.38. The van der Waals surface area contributed by atoms with Crippen LogP contribution in [-0.4, -0.2) is 30.1 Å². The van der Waals surface area contributed by atoms with E-state index in [2.05, 4.69) is 15.2 Å². The van der Waals surface area contributed by atoms with Gasteiger partial charge in [-0.2, -0.15) is 4.39 Å². The van der Waals surface area contributed by atoms with Gasteiger partial charge in [0.2, 0.25) is 11.9 Å². The Hall–Kier alpha value is -2.63. The maximum atomic E-state index is 13.3. The Labute approximate surface area is 158 Å². The summed E-state index contributed by atoms with van der Waals surface area (Å²) >= 11 is 0. The topological polar surface area (TPSA) is 54.5 Å². The number of nitrogens with zero attached hydrogens (tertiary/aromatic N) is 2. The molecular weight excluding hydrogens is 345 g/mol. The van der Waals surface area contributed by atoms with E-state index in [1.54, 1.807) is 0 Å². The Kier molecular flexibility index (Phi) is 4.97. The molecule has 27 heavy (non-hydrogen) atoms. The predicted molar refractivity (Wildman–Crippen MR) is 101 cm³/mol. The van der Waals surface area contributed by atoms with Crippen molar-refractivity contribution in [3.63, 3.8) is 0 Å². The average molecular weight is 369 g/mol. The average Bonchev–Trinajstić information content (AvgIpc) is 3.42. The molecule has 5 nitrogen and oxygen atoms in total. The summed E-state index contributed by atoms with van der Waals surface area (Å²) in [4.78, 5) is 17.6. The van der Waals surface area contributed by atoms with Crippen LogP contribution in [0.1, 0.15) is 37.8 Å². The van der Waals surface area contributed by atoms with Crippen molar-refractivity contribution in [2.45, 2.75) is 38.3 Å². The third-order valence-electron chi connectivity index (χ3n) is 5.21. The van der Waals surface area contributed by atoms with Gasteiger partial charge in [-0.3, -0.25) is 4.79 Å². The molecule has 1 saturated heterocycles. The minimum Gasteiger partial charge on any atom is -0.489 e. The highest BCUT2D eigenvalue weighted by Gasteiger charge is 2.30. The lowest BCUT2D eigenvalue weighted by Gasteiger charge is -2.19. The summed E-state index contributed by atoms with van der Waals surface area (Å²) in [5.41, 5.74) is 1.90. The van der Waals surface area contributed by atoms with Crippen LogP contribution < -0.4 is 15.0 Å². The Morgan fingerprint density at radius 1 is 1.26 bits per heavy atom. The molecule has 1 aromatic carbocycles. The first-order valence-corrected chi connectivity index (χ1v) is 9.52. The van der Waals surface area contributed by atoms with Gasteiger partial charge >= 0.3 is 0 Å². The first-order chi connectivity index (χ1) is 13.1. The van der Waals surface area contributed by atoms with Gasteiger partial charge in [0.05, 0.1) is 12.6 Å². The standard InChI is InChI=1S/C21H24FN3O2/c1-14(24-21(26)16-2-3-16)15-4-6-18(7-5-15)27-19-9-11-25(13-19)17-8-10-23-20(22)12-17/h4-8,10,12,14,16,19H,2-3,9,11,13H2,1H3,(H,24,26)/t14-,19+/m0/s1. The number of ether oxygens (including phenoxy) is 1. The molecule has 0 bridgehead atoms. The third-order valence-corrected chi connectivity index (χ3v) is 5.21. The van der Waals surface area contributed by atoms with Crippen molar-refractivity contribution in [2.75, 3.05) is 18.0 Å². The molecule has 142 valence electrons. The number of pyridine rings is 1. The van der Waals surface area contributed by atoms with E-state index in [-0.39, 0.29) is 24.0 Å². The van der Waals surface area contributed by atoms with Gasteiger partial charge in [-0.15, -0.1) is 0 Å². The molecule has 2 aromatic rings. The van der Waals surface area contributed by atoms with Crippen LogP contribution in [0.25, 0.3) is 0 Å². The second-order valence-electron chi connectivity index (χ2n) is 7.38. The number of anilines is 1. The molecule has 1 saturated carbocycles. The van der Waals surface area contributed by atoms with Gasteiger partial charge in [-0.25, -0.2) is 4.98 Å². The number of halogens is 1. The van der Waals surface area contributed by atoms with Crippen molar-refractivity contribution in [2.24, 2.45) is 5.92 Å². The van der Waals surface area contributed by atoms with Crippen molar-refractivity contribution in [1.82, 2.24) is 10.3 Å². The van der Waals surface area contributed by atoms with Gasteiger partial charge in [-0.05, 0) is 43.5 Å². The van der Waals surface area contributed by atoms with E-state index in [0.29, 0.717) is 0 Å². The van der Waals surface area contributed by atoms with Gasteiger partial charge < -0.3 is 15.0 Å². The summed E-state index contributed by atoms with van der Waals surface area (Å²) in [6.45, 7) is 3.55. The van der Waals surface area contributed by atoms with Crippen molar-refractivity contribution >= 4 is 11.6 Å². The lowest BCUT2D eigenvalue weighted by atomic mass is 10.1. The molecule has 1 N–H and O–H groups in total. The maximum absolute atomic E-state index is 13.3. The Balaban J connectivity index is 1.31. The van der Waals surface area contributed by atoms with E-state index in [4.69, 9.17) is 4.74 Å². The number of rotatable bonds is 6. The minimum absolute atomic E-state index is 0.00397. The first-order valence-electron chi connectivity index (χ1n) is 9.52. The molecule has 1 amide bonds. The maximum Gasteiger partial charge on any atom is 0.223 e. The zero-order chi connectivity index (χ0) is 18.8. The molecule has 0 spiro atoms. The molecule has 6 heteroatoms. The Morgan fingerprint density at radius 3 is 2.74 bits per heavy atom. The van der Waals surface area contributed by atoms with E-state index in [1.165, 1.54) is 12.3 Å². The van der Waals surface area contributed by atoms with Crippen LogP contribution in [0, 0.1) is 11.9 Å². The summed E-state index contributed by atoms with van der Waals surface area (Å²) in [6, 6.07) is 11.2. The van der Waals surface area contributed by atoms with Gasteiger partial charge in [0.1, 0.15) is 11.9 Å². The molecule has 2 fully saturated rings. The summed E-state index contributed by atoms with van der Waals surface area (Å²) < 4.78 is 19.4. The van der Waals surface area contributed by atoms with Crippen LogP contribution in [0.4, 0.5) is 10.1 Å². The van der Waals surface area contributed by atoms with E-state index in [9.17, 15) is 9.18 Å². The number of carbonyl (C=O) groups is 1. The van der Waals surface area contributed by atoms with Gasteiger partial charge in [0, 0.05) is 36.8 Å². The fraction of sp³-hybridized carbons (Fsp3) is 0.429. The van der Waals surface area contributed by atoms with Gasteiger partial charge in [-0.1, -0.05) is 12.1 Å². The van der Waals surface area contributed by atoms with Crippen LogP contribution in [0.15, 0.2) is 42.6 Å². The number of aromatic nitrogens is 1. The smallest absolute Gasteiger partial charge is 0.223 e. The number of carbonyl (C=O) groups excluding carboxylic acids is 1. The highest BCUT2D eigenvalue weighted by atomic mass is 19.1. The fourth-order valence-corrected chi connectivity index (χ4v) is 3.44. The van der Waals surface area contributed by atoms with Gasteiger partial charge in [0.15, 0.2) is 0 Å². The molecule has 1 aromatic heterocycles. The SMILES string of the molecule is C[C@H](NC(=O)C1CC1)c1ccc(O[C@@H]2CCN(c3ccnc(F)c3)C2)cc1. The number of hydrogen-bond acceptors (Lipinski definition) is 4. The quantitative estimate of drug-likeness (QED) is 0.793. The molecule has 4 rings (SSSR count). The monoisotopic (exact) mass is 369 g/mol. The van der Waals surface area contributed by atoms with Gasteiger partial charge in [0.25, 0.3) is 0 Å². The van der Waals surface area contributed by atoms with E-state index in [0.717, 1.165) is 49.4 Å². The van der Waals surface area contributed by atoms with Crippen molar-refractivity contribution in [1.29, 1.82) is 0 Å². The van der Waals surface area contributed by atoms with E-state index in [1.807, 2.05) is 37.3 Å². The van der Waals surface area contributed by atoms with Crippen molar-refractivity contribution in [3.05, 3.63) is 54.1 Å². The lowest BCUT2D eigenvalue weighted by molar-refractivity contribution is -0.122. The molecule has 0 radical (unpaired) electrons. The Bertz CT molecular complexity index is 807. The summed E-state index contributed by atoms with van der Waals surface area (Å²) in [5, 5.41) is 3.06. The predicted octanol–water partition coefficient (Wildman–Crippen LogP) is 3.47. The summed E-state index contributed by atoms with van der Waals surface area (Å²) in [7, 11) is 0. The van der Waals surface area contributed by atoms with Crippen molar-refractivity contribution < 1.29 is 13.9 Å². The second kappa shape index (κ2) is 7.55. The lowest BCUT2D eigenvalue weighted by Crippen LogP contribution is -2.27. The molecule has 1 aliphatic carbocycles. The van der Waals surface area contributed by atoms with Crippen molar-refractivity contribution in [3.8, 4) is 5.75 Å². The molecular formula is C21H24FN3O2. The number of amides is 1. The molecule has 0 unspecified atom stereocenters. The number of nitrogens with one attached hydrogen (secondary N) is 1. The highest BCUT2D eigenvalue weighted by Crippen LogP contribution is 2.30. The van der Waals surface area contributed by atoms with Crippen LogP contribution in [0.3, 0.4) is 0 Å². The zero-order valence-corrected chi connectivity index (χ0v) is 15.4. The van der Waals surface area contributed by atoms with Crippen LogP contribution in [0.2, 0.25) is 0 Å². The van der Waals surface area contributed by atoms with E-state index >= 15 is 0 Å². The molecule has 1 aliphatic heterocycles. The van der Waals surface area contributed by atoms with Crippen LogP contribution in [0.5, 0.6) is 5.75 Å². The fourth-order valence-electron chi connectivity index (χ4n) is 3.44. The second-order valence-corrected chi connectivity index (χ2v) is 7.38.